The van der Waals surface area contributed by atoms with Crippen LogP contribution in [0, 0.1) is 30.9 Å². The molecule has 28 heavy (non-hydrogen) atoms. The van der Waals surface area contributed by atoms with Crippen LogP contribution < -0.4 is 4.74 Å². The largest absolute Gasteiger partial charge is 0.485 e. The fraction of sp³-hybridized carbons (Fsp3) is 0.381. The Morgan fingerprint density at radius 2 is 1.86 bits per heavy atom. The molecule has 0 radical (unpaired) electrons. The Bertz CT molecular complexity index is 912. The summed E-state index contributed by atoms with van der Waals surface area (Å²) in [6.07, 6.45) is -0.715. The maximum atomic E-state index is 13.0. The van der Waals surface area contributed by atoms with E-state index in [2.05, 4.69) is 0 Å². The maximum absolute atomic E-state index is 13.0. The Balaban J connectivity index is 1.81. The van der Waals surface area contributed by atoms with Crippen molar-refractivity contribution >= 4 is 11.6 Å². The van der Waals surface area contributed by atoms with Gasteiger partial charge in [-0.15, -0.1) is 0 Å². The number of ether oxygens (including phenoxy) is 2. The smallest absolute Gasteiger partial charge is 0.276 e. The lowest BCUT2D eigenvalue weighted by Crippen LogP contribution is -2.32. The summed E-state index contributed by atoms with van der Waals surface area (Å²) in [6.45, 7) is 6.28. The van der Waals surface area contributed by atoms with Crippen molar-refractivity contribution in [2.75, 3.05) is 20.2 Å². The van der Waals surface area contributed by atoms with Gasteiger partial charge in [0.1, 0.15) is 18.0 Å². The van der Waals surface area contributed by atoms with E-state index in [-0.39, 0.29) is 17.7 Å². The Hall–Kier alpha value is -2.93. The molecular formula is C21H24N2O5. The van der Waals surface area contributed by atoms with Crippen molar-refractivity contribution in [3.05, 3.63) is 68.8 Å². The molecule has 0 unspecified atom stereocenters. The van der Waals surface area contributed by atoms with Crippen LogP contribution in [0.2, 0.25) is 0 Å². The minimum absolute atomic E-state index is 0.00721. The molecule has 1 amide bonds. The fourth-order valence-corrected chi connectivity index (χ4v) is 3.48. The third kappa shape index (κ3) is 3.84. The molecule has 1 heterocycles. The third-order valence-corrected chi connectivity index (χ3v) is 5.16. The van der Waals surface area contributed by atoms with E-state index in [0.717, 1.165) is 11.1 Å². The van der Waals surface area contributed by atoms with Gasteiger partial charge in [-0.1, -0.05) is 23.8 Å². The number of hydrogen-bond acceptors (Lipinski definition) is 5. The summed E-state index contributed by atoms with van der Waals surface area (Å²) in [5.41, 5.74) is 3.08. The van der Waals surface area contributed by atoms with Gasteiger partial charge in [0.2, 0.25) is 0 Å². The van der Waals surface area contributed by atoms with Crippen molar-refractivity contribution in [1.82, 2.24) is 4.90 Å². The van der Waals surface area contributed by atoms with Crippen molar-refractivity contribution in [3.8, 4) is 5.75 Å². The standard InChI is InChI=1S/C21H24N2O5/c1-13-8-9-14(2)16(10-13)21(24)22-11-19(27-4)20(12-22)28-18-7-5-6-17(15(18)3)23(25)26/h5-10,19-20H,11-12H2,1-4H3/t19-,20-/m1/s1. The Morgan fingerprint density at radius 3 is 2.54 bits per heavy atom. The third-order valence-electron chi connectivity index (χ3n) is 5.16. The van der Waals surface area contributed by atoms with Gasteiger partial charge in [-0.05, 0) is 38.5 Å². The molecule has 2 atom stereocenters. The predicted octanol–water partition coefficient (Wildman–Crippen LogP) is 3.44. The van der Waals surface area contributed by atoms with Crippen LogP contribution in [0.5, 0.6) is 5.75 Å². The summed E-state index contributed by atoms with van der Waals surface area (Å²) in [7, 11) is 1.58. The van der Waals surface area contributed by atoms with Gasteiger partial charge in [0.15, 0.2) is 0 Å². The number of amides is 1. The molecule has 0 spiro atoms. The van der Waals surface area contributed by atoms with E-state index in [4.69, 9.17) is 9.47 Å². The van der Waals surface area contributed by atoms with Crippen molar-refractivity contribution in [3.63, 3.8) is 0 Å². The average molecular weight is 384 g/mol. The molecule has 2 aromatic carbocycles. The van der Waals surface area contributed by atoms with E-state index in [1.165, 1.54) is 6.07 Å². The van der Waals surface area contributed by atoms with Gasteiger partial charge in [-0.25, -0.2) is 0 Å². The summed E-state index contributed by atoms with van der Waals surface area (Å²) in [6, 6.07) is 10.5. The first-order valence-corrected chi connectivity index (χ1v) is 9.11. The van der Waals surface area contributed by atoms with E-state index in [0.29, 0.717) is 30.0 Å². The maximum Gasteiger partial charge on any atom is 0.276 e. The SMILES string of the molecule is CO[C@@H]1CN(C(=O)c2cc(C)ccc2C)C[C@H]1Oc1cccc([N+](=O)[O-])c1C. The lowest BCUT2D eigenvalue weighted by atomic mass is 10.0. The first-order chi connectivity index (χ1) is 13.3. The number of hydrogen-bond donors (Lipinski definition) is 0. The lowest BCUT2D eigenvalue weighted by molar-refractivity contribution is -0.385. The van der Waals surface area contributed by atoms with Gasteiger partial charge >= 0.3 is 0 Å². The summed E-state index contributed by atoms with van der Waals surface area (Å²) in [4.78, 5) is 25.5. The fourth-order valence-electron chi connectivity index (χ4n) is 3.48. The number of aryl methyl sites for hydroxylation is 2. The predicted molar refractivity (Wildman–Crippen MR) is 105 cm³/mol. The number of carbonyl (C=O) groups is 1. The average Bonchev–Trinajstić information content (AvgIpc) is 3.07. The molecule has 0 saturated carbocycles. The molecule has 1 fully saturated rings. The first-order valence-electron chi connectivity index (χ1n) is 9.11. The van der Waals surface area contributed by atoms with E-state index in [9.17, 15) is 14.9 Å². The van der Waals surface area contributed by atoms with Gasteiger partial charge in [0.25, 0.3) is 11.6 Å². The van der Waals surface area contributed by atoms with Crippen molar-refractivity contribution < 1.29 is 19.2 Å². The zero-order valence-electron chi connectivity index (χ0n) is 16.5. The van der Waals surface area contributed by atoms with E-state index >= 15 is 0 Å². The molecule has 3 rings (SSSR count). The zero-order chi connectivity index (χ0) is 20.4. The molecule has 0 N–H and O–H groups in total. The van der Waals surface area contributed by atoms with Crippen molar-refractivity contribution in [2.45, 2.75) is 33.0 Å². The first kappa shape index (κ1) is 19.8. The topological polar surface area (TPSA) is 81.9 Å². The van der Waals surface area contributed by atoms with Crippen LogP contribution in [-0.2, 0) is 4.74 Å². The highest BCUT2D eigenvalue weighted by atomic mass is 16.6. The van der Waals surface area contributed by atoms with E-state index in [1.807, 2.05) is 32.0 Å². The molecule has 2 aromatic rings. The van der Waals surface area contributed by atoms with Gasteiger partial charge in [-0.3, -0.25) is 14.9 Å². The highest BCUT2D eigenvalue weighted by molar-refractivity contribution is 5.96. The summed E-state index contributed by atoms with van der Waals surface area (Å²) < 4.78 is 11.6. The number of likely N-dealkylation sites (tertiary alicyclic amines) is 1. The number of nitrogens with zero attached hydrogens (tertiary/aromatic N) is 2. The van der Waals surface area contributed by atoms with Gasteiger partial charge in [-0.2, -0.15) is 0 Å². The van der Waals surface area contributed by atoms with Crippen LogP contribution in [-0.4, -0.2) is 48.1 Å². The summed E-state index contributed by atoms with van der Waals surface area (Å²) in [5.74, 6) is 0.368. The minimum atomic E-state index is -0.430. The van der Waals surface area contributed by atoms with Crippen LogP contribution in [0.1, 0.15) is 27.0 Å². The number of rotatable bonds is 5. The van der Waals surface area contributed by atoms with Crippen LogP contribution in [0.4, 0.5) is 5.69 Å². The highest BCUT2D eigenvalue weighted by Crippen LogP contribution is 2.30. The van der Waals surface area contributed by atoms with Gasteiger partial charge in [0.05, 0.1) is 23.6 Å². The number of methoxy groups -OCH3 is 1. The quantitative estimate of drug-likeness (QED) is 0.583. The number of benzene rings is 2. The molecule has 0 aromatic heterocycles. The number of carbonyl (C=O) groups excluding carboxylic acids is 1. The molecule has 0 bridgehead atoms. The molecule has 1 aliphatic rings. The van der Waals surface area contributed by atoms with Crippen molar-refractivity contribution in [2.24, 2.45) is 0 Å². The second-order valence-electron chi connectivity index (χ2n) is 7.12. The van der Waals surface area contributed by atoms with E-state index in [1.54, 1.807) is 31.1 Å². The molecule has 7 heteroatoms. The molecule has 1 saturated heterocycles. The molecule has 7 nitrogen and oxygen atoms in total. The molecular weight excluding hydrogens is 360 g/mol. The summed E-state index contributed by atoms with van der Waals surface area (Å²) in [5, 5.41) is 11.2. The Labute approximate surface area is 164 Å². The second kappa shape index (κ2) is 7.98. The van der Waals surface area contributed by atoms with Crippen LogP contribution in [0.15, 0.2) is 36.4 Å². The van der Waals surface area contributed by atoms with Crippen molar-refractivity contribution in [1.29, 1.82) is 0 Å². The zero-order valence-corrected chi connectivity index (χ0v) is 16.5. The van der Waals surface area contributed by atoms with Crippen LogP contribution in [0.3, 0.4) is 0 Å². The van der Waals surface area contributed by atoms with E-state index < -0.39 is 11.0 Å². The monoisotopic (exact) mass is 384 g/mol. The molecule has 0 aliphatic carbocycles. The van der Waals surface area contributed by atoms with Gasteiger partial charge < -0.3 is 14.4 Å². The van der Waals surface area contributed by atoms with Gasteiger partial charge in [0, 0.05) is 18.7 Å². The number of nitro benzene ring substituents is 1. The minimum Gasteiger partial charge on any atom is -0.485 e. The molecule has 148 valence electrons. The number of nitro groups is 1. The van der Waals surface area contributed by atoms with Crippen LogP contribution >= 0.6 is 0 Å². The Morgan fingerprint density at radius 1 is 1.14 bits per heavy atom. The Kier molecular flexibility index (Phi) is 5.65. The lowest BCUT2D eigenvalue weighted by Gasteiger charge is -2.20. The summed E-state index contributed by atoms with van der Waals surface area (Å²) >= 11 is 0. The normalized spacial score (nSPS) is 18.9. The van der Waals surface area contributed by atoms with Crippen LogP contribution in [0.25, 0.3) is 0 Å². The highest BCUT2D eigenvalue weighted by Gasteiger charge is 2.38. The second-order valence-corrected chi connectivity index (χ2v) is 7.12. The molecule has 1 aliphatic heterocycles.